The minimum atomic E-state index is -0.486. The molecule has 0 saturated carbocycles. The van der Waals surface area contributed by atoms with Crippen LogP contribution in [0.3, 0.4) is 0 Å². The lowest BCUT2D eigenvalue weighted by Crippen LogP contribution is -2.28. The molecular weight excluding hydrogens is 354 g/mol. The molecule has 0 aliphatic rings. The monoisotopic (exact) mass is 370 g/mol. The van der Waals surface area contributed by atoms with Crippen molar-refractivity contribution in [2.45, 2.75) is 12.5 Å². The van der Waals surface area contributed by atoms with Gasteiger partial charge in [0.25, 0.3) is 0 Å². The predicted octanol–water partition coefficient (Wildman–Crippen LogP) is 4.53. The molecule has 3 aromatic rings. The number of carbonyl (C=O) groups excluding carboxylic acids is 1. The molecule has 26 heavy (non-hydrogen) atoms. The summed E-state index contributed by atoms with van der Waals surface area (Å²) < 4.78 is 27.1. The lowest BCUT2D eigenvalue weighted by atomic mass is 9.98. The lowest BCUT2D eigenvalue weighted by molar-refractivity contribution is -0.117. The first-order valence-electron chi connectivity index (χ1n) is 7.97. The Labute approximate surface area is 154 Å². The van der Waals surface area contributed by atoms with Gasteiger partial charge in [0, 0.05) is 11.5 Å². The van der Waals surface area contributed by atoms with E-state index in [1.165, 1.54) is 41.7 Å². The van der Waals surface area contributed by atoms with E-state index in [1.54, 1.807) is 35.9 Å². The van der Waals surface area contributed by atoms with Gasteiger partial charge in [0.1, 0.15) is 11.6 Å². The summed E-state index contributed by atoms with van der Waals surface area (Å²) in [4.78, 5) is 16.3. The largest absolute Gasteiger partial charge is 0.345 e. The number of benzene rings is 2. The molecule has 0 spiro atoms. The maximum atomic E-state index is 13.6. The Morgan fingerprint density at radius 1 is 1.15 bits per heavy atom. The number of hydrogen-bond acceptors (Lipinski definition) is 3. The highest BCUT2D eigenvalue weighted by molar-refractivity contribution is 7.07. The van der Waals surface area contributed by atoms with Crippen LogP contribution in [-0.2, 0) is 11.2 Å². The Morgan fingerprint density at radius 2 is 1.92 bits per heavy atom. The zero-order valence-corrected chi connectivity index (χ0v) is 14.5. The molecule has 1 heterocycles. The van der Waals surface area contributed by atoms with Crippen LogP contribution in [0.4, 0.5) is 8.78 Å². The fourth-order valence-corrected chi connectivity index (χ4v) is 3.08. The minimum Gasteiger partial charge on any atom is -0.345 e. The first kappa shape index (κ1) is 17.9. The van der Waals surface area contributed by atoms with Crippen molar-refractivity contribution in [1.82, 2.24) is 10.3 Å². The SMILES string of the molecule is O=C(/C=C\c1cscn1)N[C@H](Cc1cccc(F)c1)c1cccc(F)c1. The van der Waals surface area contributed by atoms with Crippen molar-refractivity contribution in [3.8, 4) is 0 Å². The lowest BCUT2D eigenvalue weighted by Gasteiger charge is -2.19. The third kappa shape index (κ3) is 5.07. The summed E-state index contributed by atoms with van der Waals surface area (Å²) in [6.45, 7) is 0. The Bertz CT molecular complexity index is 910. The second-order valence-electron chi connectivity index (χ2n) is 5.70. The zero-order valence-electron chi connectivity index (χ0n) is 13.7. The highest BCUT2D eigenvalue weighted by atomic mass is 32.1. The molecule has 1 N–H and O–H groups in total. The van der Waals surface area contributed by atoms with Gasteiger partial charge in [0.2, 0.25) is 5.91 Å². The minimum absolute atomic E-state index is 0.330. The molecule has 0 saturated heterocycles. The van der Waals surface area contributed by atoms with Crippen molar-refractivity contribution >= 4 is 23.3 Å². The summed E-state index contributed by atoms with van der Waals surface area (Å²) >= 11 is 1.44. The number of rotatable bonds is 6. The molecule has 0 unspecified atom stereocenters. The van der Waals surface area contributed by atoms with Crippen molar-refractivity contribution in [3.63, 3.8) is 0 Å². The second-order valence-corrected chi connectivity index (χ2v) is 6.42. The van der Waals surface area contributed by atoms with Crippen LogP contribution < -0.4 is 5.32 Å². The quantitative estimate of drug-likeness (QED) is 0.648. The molecule has 1 aromatic heterocycles. The maximum Gasteiger partial charge on any atom is 0.244 e. The number of halogens is 2. The van der Waals surface area contributed by atoms with E-state index in [9.17, 15) is 13.6 Å². The molecule has 1 amide bonds. The molecule has 0 fully saturated rings. The van der Waals surface area contributed by atoms with Crippen molar-refractivity contribution in [1.29, 1.82) is 0 Å². The van der Waals surface area contributed by atoms with Gasteiger partial charge in [-0.2, -0.15) is 0 Å². The number of nitrogens with one attached hydrogen (secondary N) is 1. The highest BCUT2D eigenvalue weighted by Gasteiger charge is 2.15. The summed E-state index contributed by atoms with van der Waals surface area (Å²) in [5, 5.41) is 4.67. The third-order valence-corrected chi connectivity index (χ3v) is 4.36. The van der Waals surface area contributed by atoms with E-state index in [0.29, 0.717) is 23.2 Å². The molecular formula is C20H16F2N2OS. The topological polar surface area (TPSA) is 42.0 Å². The van der Waals surface area contributed by atoms with Gasteiger partial charge in [-0.3, -0.25) is 4.79 Å². The van der Waals surface area contributed by atoms with Crippen LogP contribution in [0.5, 0.6) is 0 Å². The number of thiazole rings is 1. The van der Waals surface area contributed by atoms with Crippen LogP contribution in [-0.4, -0.2) is 10.9 Å². The molecule has 3 rings (SSSR count). The van der Waals surface area contributed by atoms with Crippen molar-refractivity contribution in [3.05, 3.63) is 94.0 Å². The molecule has 0 aliphatic carbocycles. The van der Waals surface area contributed by atoms with Crippen LogP contribution >= 0.6 is 11.3 Å². The number of nitrogens with zero attached hydrogens (tertiary/aromatic N) is 1. The smallest absolute Gasteiger partial charge is 0.244 e. The van der Waals surface area contributed by atoms with Crippen LogP contribution in [0.2, 0.25) is 0 Å². The maximum absolute atomic E-state index is 13.6. The molecule has 0 bridgehead atoms. The van der Waals surface area contributed by atoms with Crippen LogP contribution in [0.25, 0.3) is 6.08 Å². The van der Waals surface area contributed by atoms with E-state index in [1.807, 2.05) is 5.38 Å². The van der Waals surface area contributed by atoms with Gasteiger partial charge in [-0.15, -0.1) is 11.3 Å². The van der Waals surface area contributed by atoms with Gasteiger partial charge in [-0.1, -0.05) is 24.3 Å². The summed E-state index contributed by atoms with van der Waals surface area (Å²) in [5.41, 5.74) is 3.70. The fourth-order valence-electron chi connectivity index (χ4n) is 2.56. The Kier molecular flexibility index (Phi) is 5.86. The summed E-state index contributed by atoms with van der Waals surface area (Å²) in [7, 11) is 0. The van der Waals surface area contributed by atoms with Gasteiger partial charge >= 0.3 is 0 Å². The van der Waals surface area contributed by atoms with Crippen molar-refractivity contribution < 1.29 is 13.6 Å². The molecule has 1 atom stereocenters. The normalized spacial score (nSPS) is 12.2. The standard InChI is InChI=1S/C20H16F2N2OS/c21-16-5-1-3-14(9-16)10-19(15-4-2-6-17(22)11-15)24-20(25)8-7-18-12-26-13-23-18/h1-9,11-13,19H,10H2,(H,24,25)/b8-7-/t19-/m1/s1. The first-order chi connectivity index (χ1) is 12.6. The van der Waals surface area contributed by atoms with E-state index in [0.717, 1.165) is 0 Å². The second kappa shape index (κ2) is 8.49. The van der Waals surface area contributed by atoms with Crippen LogP contribution in [0, 0.1) is 11.6 Å². The van der Waals surface area contributed by atoms with E-state index >= 15 is 0 Å². The van der Waals surface area contributed by atoms with E-state index in [-0.39, 0.29) is 17.5 Å². The molecule has 6 heteroatoms. The summed E-state index contributed by atoms with van der Waals surface area (Å²) in [5.74, 6) is -1.07. The molecule has 0 aliphatic heterocycles. The molecule has 132 valence electrons. The van der Waals surface area contributed by atoms with Crippen LogP contribution in [0.15, 0.2) is 65.5 Å². The highest BCUT2D eigenvalue weighted by Crippen LogP contribution is 2.20. The number of hydrogen-bond donors (Lipinski definition) is 1. The molecule has 2 aromatic carbocycles. The number of aromatic nitrogens is 1. The van der Waals surface area contributed by atoms with Gasteiger partial charge < -0.3 is 5.32 Å². The number of carbonyl (C=O) groups is 1. The average Bonchev–Trinajstić information content (AvgIpc) is 3.13. The molecule has 0 radical (unpaired) electrons. The van der Waals surface area contributed by atoms with Crippen molar-refractivity contribution in [2.75, 3.05) is 0 Å². The van der Waals surface area contributed by atoms with E-state index in [2.05, 4.69) is 10.3 Å². The fraction of sp³-hybridized carbons (Fsp3) is 0.100. The summed E-state index contributed by atoms with van der Waals surface area (Å²) in [6, 6.07) is 11.7. The Hall–Kier alpha value is -2.86. The average molecular weight is 370 g/mol. The van der Waals surface area contributed by atoms with Gasteiger partial charge in [-0.05, 0) is 47.9 Å². The molecule has 3 nitrogen and oxygen atoms in total. The predicted molar refractivity (Wildman–Crippen MR) is 98.5 cm³/mol. The van der Waals surface area contributed by atoms with E-state index in [4.69, 9.17) is 0 Å². The first-order valence-corrected chi connectivity index (χ1v) is 8.91. The summed E-state index contributed by atoms with van der Waals surface area (Å²) in [6.07, 6.45) is 3.33. The zero-order chi connectivity index (χ0) is 18.4. The third-order valence-electron chi connectivity index (χ3n) is 3.75. The van der Waals surface area contributed by atoms with E-state index < -0.39 is 6.04 Å². The van der Waals surface area contributed by atoms with Crippen LogP contribution in [0.1, 0.15) is 22.9 Å². The van der Waals surface area contributed by atoms with Crippen molar-refractivity contribution in [2.24, 2.45) is 0 Å². The Balaban J connectivity index is 1.79. The van der Waals surface area contributed by atoms with Gasteiger partial charge in [0.15, 0.2) is 0 Å². The van der Waals surface area contributed by atoms with Gasteiger partial charge in [-0.25, -0.2) is 13.8 Å². The Morgan fingerprint density at radius 3 is 2.62 bits per heavy atom. The number of amides is 1. The van der Waals surface area contributed by atoms with Gasteiger partial charge in [0.05, 0.1) is 17.2 Å².